The second kappa shape index (κ2) is 5.84. The highest BCUT2D eigenvalue weighted by Gasteiger charge is 2.31. The van der Waals surface area contributed by atoms with E-state index in [-0.39, 0.29) is 0 Å². The lowest BCUT2D eigenvalue weighted by Crippen LogP contribution is -2.45. The van der Waals surface area contributed by atoms with Crippen LogP contribution in [0.2, 0.25) is 0 Å². The number of aryl methyl sites for hydroxylation is 1. The minimum atomic E-state index is 0.350. The fraction of sp³-hybridized carbons (Fsp3) is 0.474. The number of carbonyl (C=O) groups is 1. The summed E-state index contributed by atoms with van der Waals surface area (Å²) in [4.78, 5) is 21.2. The van der Waals surface area contributed by atoms with Gasteiger partial charge in [0.05, 0.1) is 5.52 Å². The van der Waals surface area contributed by atoms with Crippen LogP contribution in [0.4, 0.5) is 5.82 Å². The Morgan fingerprint density at radius 2 is 1.91 bits per heavy atom. The predicted octanol–water partition coefficient (Wildman–Crippen LogP) is 3.13. The van der Waals surface area contributed by atoms with Gasteiger partial charge in [0.2, 0.25) is 5.91 Å². The summed E-state index contributed by atoms with van der Waals surface area (Å²) in [5.41, 5.74) is 2.35. The Kier molecular flexibility index (Phi) is 3.68. The topological polar surface area (TPSA) is 36.4 Å². The average molecular weight is 309 g/mol. The van der Waals surface area contributed by atoms with Crippen molar-refractivity contribution in [2.24, 2.45) is 0 Å². The van der Waals surface area contributed by atoms with E-state index >= 15 is 0 Å². The van der Waals surface area contributed by atoms with E-state index in [2.05, 4.69) is 41.0 Å². The zero-order valence-electron chi connectivity index (χ0n) is 13.7. The SMILES string of the molecule is Cc1cc(N2CCC(N3CCCC3=O)CC2)nc2ccccc12. The van der Waals surface area contributed by atoms with E-state index in [9.17, 15) is 4.79 Å². The number of pyridine rings is 1. The Hall–Kier alpha value is -2.10. The molecule has 1 aromatic carbocycles. The van der Waals surface area contributed by atoms with Gasteiger partial charge in [0.25, 0.3) is 0 Å². The zero-order valence-corrected chi connectivity index (χ0v) is 13.7. The largest absolute Gasteiger partial charge is 0.356 e. The Morgan fingerprint density at radius 1 is 1.13 bits per heavy atom. The molecule has 2 aromatic rings. The van der Waals surface area contributed by atoms with E-state index in [4.69, 9.17) is 4.98 Å². The molecule has 2 aliphatic rings. The molecule has 0 aliphatic carbocycles. The molecule has 0 radical (unpaired) electrons. The molecule has 120 valence electrons. The first kappa shape index (κ1) is 14.5. The quantitative estimate of drug-likeness (QED) is 0.855. The van der Waals surface area contributed by atoms with Crippen LogP contribution in [0.25, 0.3) is 10.9 Å². The number of rotatable bonds is 2. The van der Waals surface area contributed by atoms with Crippen LogP contribution in [0.5, 0.6) is 0 Å². The number of para-hydroxylation sites is 1. The number of fused-ring (bicyclic) bond motifs is 1. The Morgan fingerprint density at radius 3 is 2.65 bits per heavy atom. The van der Waals surface area contributed by atoms with Crippen molar-refractivity contribution in [3.8, 4) is 0 Å². The summed E-state index contributed by atoms with van der Waals surface area (Å²) in [7, 11) is 0. The van der Waals surface area contributed by atoms with E-state index < -0.39 is 0 Å². The van der Waals surface area contributed by atoms with E-state index in [1.54, 1.807) is 0 Å². The van der Waals surface area contributed by atoms with Gasteiger partial charge in [-0.05, 0) is 43.9 Å². The number of aromatic nitrogens is 1. The first-order chi connectivity index (χ1) is 11.2. The van der Waals surface area contributed by atoms with E-state index in [0.717, 1.165) is 56.7 Å². The highest BCUT2D eigenvalue weighted by Crippen LogP contribution is 2.27. The van der Waals surface area contributed by atoms with Crippen LogP contribution in [-0.4, -0.2) is 41.5 Å². The molecule has 2 fully saturated rings. The molecular weight excluding hydrogens is 286 g/mol. The monoisotopic (exact) mass is 309 g/mol. The second-order valence-corrected chi connectivity index (χ2v) is 6.72. The molecule has 3 heterocycles. The highest BCUT2D eigenvalue weighted by molar-refractivity contribution is 5.84. The zero-order chi connectivity index (χ0) is 15.8. The third-order valence-electron chi connectivity index (χ3n) is 5.25. The molecule has 0 unspecified atom stereocenters. The normalized spacial score (nSPS) is 19.8. The number of hydrogen-bond acceptors (Lipinski definition) is 3. The molecular formula is C19H23N3O. The fourth-order valence-corrected chi connectivity index (χ4v) is 3.96. The Bertz CT molecular complexity index is 734. The summed E-state index contributed by atoms with van der Waals surface area (Å²) in [6.07, 6.45) is 3.88. The number of amides is 1. The fourth-order valence-electron chi connectivity index (χ4n) is 3.96. The Balaban J connectivity index is 1.51. The number of anilines is 1. The molecule has 4 rings (SSSR count). The van der Waals surface area contributed by atoms with Crippen molar-refractivity contribution < 1.29 is 4.79 Å². The predicted molar refractivity (Wildman–Crippen MR) is 92.7 cm³/mol. The summed E-state index contributed by atoms with van der Waals surface area (Å²) in [5, 5.41) is 1.23. The second-order valence-electron chi connectivity index (χ2n) is 6.72. The minimum Gasteiger partial charge on any atom is -0.356 e. The molecule has 4 heteroatoms. The molecule has 0 spiro atoms. The van der Waals surface area contributed by atoms with Gasteiger partial charge in [0.1, 0.15) is 5.82 Å². The van der Waals surface area contributed by atoms with Gasteiger partial charge >= 0.3 is 0 Å². The van der Waals surface area contributed by atoms with Crippen molar-refractivity contribution in [2.75, 3.05) is 24.5 Å². The molecule has 2 aliphatic heterocycles. The van der Waals surface area contributed by atoms with Gasteiger partial charge in [-0.15, -0.1) is 0 Å². The third kappa shape index (κ3) is 2.67. The van der Waals surface area contributed by atoms with Gasteiger partial charge in [0, 0.05) is 37.5 Å². The standard InChI is InChI=1S/C19H23N3O/c1-14-13-18(20-17-6-3-2-5-16(14)17)21-11-8-15(9-12-21)22-10-4-7-19(22)23/h2-3,5-6,13,15H,4,7-12H2,1H3. The number of piperidine rings is 1. The van der Waals surface area contributed by atoms with Crippen LogP contribution in [0.1, 0.15) is 31.2 Å². The van der Waals surface area contributed by atoms with Gasteiger partial charge in [-0.3, -0.25) is 4.79 Å². The van der Waals surface area contributed by atoms with Gasteiger partial charge in [-0.1, -0.05) is 18.2 Å². The molecule has 1 amide bonds. The molecule has 0 atom stereocenters. The first-order valence-corrected chi connectivity index (χ1v) is 8.63. The maximum Gasteiger partial charge on any atom is 0.222 e. The number of hydrogen-bond donors (Lipinski definition) is 0. The summed E-state index contributed by atoms with van der Waals surface area (Å²) >= 11 is 0. The lowest BCUT2D eigenvalue weighted by atomic mass is 10.0. The summed E-state index contributed by atoms with van der Waals surface area (Å²) < 4.78 is 0. The van der Waals surface area contributed by atoms with Crippen LogP contribution < -0.4 is 4.90 Å². The van der Waals surface area contributed by atoms with Crippen LogP contribution in [0.15, 0.2) is 30.3 Å². The average Bonchev–Trinajstić information content (AvgIpc) is 3.01. The third-order valence-corrected chi connectivity index (χ3v) is 5.25. The maximum absolute atomic E-state index is 11.9. The summed E-state index contributed by atoms with van der Waals surface area (Å²) in [6, 6.07) is 11.0. The van der Waals surface area contributed by atoms with Crippen LogP contribution >= 0.6 is 0 Å². The summed E-state index contributed by atoms with van der Waals surface area (Å²) in [5.74, 6) is 1.43. The number of likely N-dealkylation sites (tertiary alicyclic amines) is 1. The van der Waals surface area contributed by atoms with Crippen molar-refractivity contribution in [2.45, 2.75) is 38.6 Å². The molecule has 0 N–H and O–H groups in total. The number of nitrogens with zero attached hydrogens (tertiary/aromatic N) is 3. The van der Waals surface area contributed by atoms with Crippen LogP contribution in [0, 0.1) is 6.92 Å². The molecule has 2 saturated heterocycles. The molecule has 1 aromatic heterocycles. The van der Waals surface area contributed by atoms with Gasteiger partial charge in [-0.25, -0.2) is 4.98 Å². The smallest absolute Gasteiger partial charge is 0.222 e. The maximum atomic E-state index is 11.9. The van der Waals surface area contributed by atoms with Crippen LogP contribution in [0.3, 0.4) is 0 Å². The lowest BCUT2D eigenvalue weighted by molar-refractivity contribution is -0.130. The van der Waals surface area contributed by atoms with E-state index in [1.807, 2.05) is 6.07 Å². The van der Waals surface area contributed by atoms with Crippen molar-refractivity contribution in [3.63, 3.8) is 0 Å². The molecule has 23 heavy (non-hydrogen) atoms. The van der Waals surface area contributed by atoms with Crippen molar-refractivity contribution >= 4 is 22.6 Å². The lowest BCUT2D eigenvalue weighted by Gasteiger charge is -2.37. The van der Waals surface area contributed by atoms with Crippen molar-refractivity contribution in [1.29, 1.82) is 0 Å². The summed E-state index contributed by atoms with van der Waals surface area (Å²) in [6.45, 7) is 5.08. The van der Waals surface area contributed by atoms with Gasteiger partial charge < -0.3 is 9.80 Å². The molecule has 0 bridgehead atoms. The van der Waals surface area contributed by atoms with E-state index in [1.165, 1.54) is 10.9 Å². The van der Waals surface area contributed by atoms with E-state index in [0.29, 0.717) is 11.9 Å². The number of benzene rings is 1. The van der Waals surface area contributed by atoms with Crippen molar-refractivity contribution in [3.05, 3.63) is 35.9 Å². The van der Waals surface area contributed by atoms with Gasteiger partial charge in [-0.2, -0.15) is 0 Å². The number of carbonyl (C=O) groups excluding carboxylic acids is 1. The molecule has 0 saturated carbocycles. The first-order valence-electron chi connectivity index (χ1n) is 8.63. The van der Waals surface area contributed by atoms with Gasteiger partial charge in [0.15, 0.2) is 0 Å². The Labute approximate surface area is 137 Å². The van der Waals surface area contributed by atoms with Crippen LogP contribution in [-0.2, 0) is 4.79 Å². The molecule has 4 nitrogen and oxygen atoms in total. The highest BCUT2D eigenvalue weighted by atomic mass is 16.2. The minimum absolute atomic E-state index is 0.350. The van der Waals surface area contributed by atoms with Crippen molar-refractivity contribution in [1.82, 2.24) is 9.88 Å².